The van der Waals surface area contributed by atoms with Gasteiger partial charge in [0.15, 0.2) is 0 Å². The van der Waals surface area contributed by atoms with Crippen LogP contribution in [0.15, 0.2) is 12.1 Å². The predicted octanol–water partition coefficient (Wildman–Crippen LogP) is 1.47. The molecule has 2 N–H and O–H groups in total. The molecule has 0 saturated heterocycles. The molecule has 0 saturated carbocycles. The van der Waals surface area contributed by atoms with Crippen LogP contribution in [0.2, 0.25) is 0 Å². The van der Waals surface area contributed by atoms with E-state index in [4.69, 9.17) is 11.0 Å². The molecule has 0 aliphatic rings. The van der Waals surface area contributed by atoms with E-state index >= 15 is 0 Å². The van der Waals surface area contributed by atoms with Gasteiger partial charge in [-0.1, -0.05) is 0 Å². The molecule has 0 bridgehead atoms. The number of nitrogens with two attached hydrogens (primary N) is 1. The molecule has 0 aromatic carbocycles. The predicted molar refractivity (Wildman–Crippen MR) is 38.3 cm³/mol. The molecule has 1 heterocycles. The van der Waals surface area contributed by atoms with Crippen LogP contribution in [0.5, 0.6) is 0 Å². The van der Waals surface area contributed by atoms with Crippen LogP contribution in [0.1, 0.15) is 17.7 Å². The topological polar surface area (TPSA) is 62.7 Å². The molecular formula is C7H5F2N3. The summed E-state index contributed by atoms with van der Waals surface area (Å²) in [6, 6.07) is 4.01. The van der Waals surface area contributed by atoms with Crippen molar-refractivity contribution in [3.63, 3.8) is 0 Å². The van der Waals surface area contributed by atoms with Crippen LogP contribution in [-0.4, -0.2) is 4.98 Å². The van der Waals surface area contributed by atoms with Crippen LogP contribution in [-0.2, 0) is 0 Å². The van der Waals surface area contributed by atoms with Gasteiger partial charge < -0.3 is 5.73 Å². The van der Waals surface area contributed by atoms with Crippen molar-refractivity contribution in [2.24, 2.45) is 0 Å². The Labute approximate surface area is 67.4 Å². The lowest BCUT2D eigenvalue weighted by molar-refractivity contribution is 0.152. The maximum atomic E-state index is 12.1. The Kier molecular flexibility index (Phi) is 2.19. The Bertz CT molecular complexity index is 330. The van der Waals surface area contributed by atoms with Crippen LogP contribution in [0.3, 0.4) is 0 Å². The second-order valence-electron chi connectivity index (χ2n) is 2.08. The monoisotopic (exact) mass is 169 g/mol. The van der Waals surface area contributed by atoms with Crippen molar-refractivity contribution < 1.29 is 8.78 Å². The van der Waals surface area contributed by atoms with Crippen LogP contribution in [0, 0.1) is 11.3 Å². The highest BCUT2D eigenvalue weighted by Crippen LogP contribution is 2.22. The van der Waals surface area contributed by atoms with E-state index in [1.165, 1.54) is 6.07 Å². The maximum Gasteiger partial charge on any atom is 0.267 e. The number of hydrogen-bond donors (Lipinski definition) is 1. The second kappa shape index (κ2) is 3.13. The minimum Gasteiger partial charge on any atom is -0.383 e. The molecule has 1 rings (SSSR count). The number of nitriles is 1. The molecule has 1 aromatic heterocycles. The Morgan fingerprint density at radius 1 is 1.50 bits per heavy atom. The average molecular weight is 169 g/mol. The fourth-order valence-corrected chi connectivity index (χ4v) is 0.732. The molecule has 0 aliphatic heterocycles. The fourth-order valence-electron chi connectivity index (χ4n) is 0.732. The number of pyridine rings is 1. The second-order valence-corrected chi connectivity index (χ2v) is 2.08. The smallest absolute Gasteiger partial charge is 0.267 e. The molecule has 62 valence electrons. The van der Waals surface area contributed by atoms with Crippen molar-refractivity contribution in [2.45, 2.75) is 6.43 Å². The summed E-state index contributed by atoms with van der Waals surface area (Å²) in [5.74, 6) is -0.288. The summed E-state index contributed by atoms with van der Waals surface area (Å²) in [6.45, 7) is 0. The standard InChI is InChI=1S/C7H5F2N3/c8-6(9)5-2-1-4(3-10)12-7(5)11/h1-2,6H,(H2,11,12). The first-order valence-electron chi connectivity index (χ1n) is 3.10. The van der Waals surface area contributed by atoms with E-state index in [2.05, 4.69) is 4.98 Å². The normalized spacial score (nSPS) is 9.83. The minimum absolute atomic E-state index is 0.0388. The van der Waals surface area contributed by atoms with Crippen LogP contribution in [0.25, 0.3) is 0 Å². The first kappa shape index (κ1) is 8.40. The number of anilines is 1. The van der Waals surface area contributed by atoms with Gasteiger partial charge in [-0.2, -0.15) is 5.26 Å². The molecular weight excluding hydrogens is 164 g/mol. The van der Waals surface area contributed by atoms with Gasteiger partial charge in [-0.25, -0.2) is 13.8 Å². The van der Waals surface area contributed by atoms with E-state index in [0.29, 0.717) is 0 Å². The average Bonchev–Trinajstić information content (AvgIpc) is 2.03. The van der Waals surface area contributed by atoms with Crippen molar-refractivity contribution in [3.8, 4) is 6.07 Å². The van der Waals surface area contributed by atoms with Gasteiger partial charge in [0, 0.05) is 0 Å². The molecule has 0 fully saturated rings. The molecule has 3 nitrogen and oxygen atoms in total. The molecule has 0 atom stereocenters. The van der Waals surface area contributed by atoms with Gasteiger partial charge in [0.1, 0.15) is 17.6 Å². The molecule has 0 aliphatic carbocycles. The zero-order valence-corrected chi connectivity index (χ0v) is 5.96. The van der Waals surface area contributed by atoms with E-state index < -0.39 is 6.43 Å². The Balaban J connectivity index is 3.14. The third-order valence-corrected chi connectivity index (χ3v) is 1.31. The van der Waals surface area contributed by atoms with E-state index in [1.54, 1.807) is 6.07 Å². The van der Waals surface area contributed by atoms with Gasteiger partial charge in [0.25, 0.3) is 6.43 Å². The number of aromatic nitrogens is 1. The SMILES string of the molecule is N#Cc1ccc(C(F)F)c(N)n1. The molecule has 0 radical (unpaired) electrons. The lowest BCUT2D eigenvalue weighted by Gasteiger charge is -2.01. The van der Waals surface area contributed by atoms with Crippen LogP contribution < -0.4 is 5.73 Å². The third-order valence-electron chi connectivity index (χ3n) is 1.31. The highest BCUT2D eigenvalue weighted by Gasteiger charge is 2.11. The Morgan fingerprint density at radius 2 is 2.17 bits per heavy atom. The first-order chi connectivity index (χ1) is 5.65. The van der Waals surface area contributed by atoms with Crippen LogP contribution >= 0.6 is 0 Å². The van der Waals surface area contributed by atoms with Gasteiger partial charge in [-0.05, 0) is 12.1 Å². The van der Waals surface area contributed by atoms with Crippen molar-refractivity contribution >= 4 is 5.82 Å². The van der Waals surface area contributed by atoms with E-state index in [1.807, 2.05) is 0 Å². The number of halogens is 2. The quantitative estimate of drug-likeness (QED) is 0.692. The van der Waals surface area contributed by atoms with Crippen molar-refractivity contribution in [1.82, 2.24) is 4.98 Å². The Hall–Kier alpha value is -1.70. The molecule has 0 spiro atoms. The van der Waals surface area contributed by atoms with Crippen molar-refractivity contribution in [2.75, 3.05) is 5.73 Å². The van der Waals surface area contributed by atoms with Crippen molar-refractivity contribution in [3.05, 3.63) is 23.4 Å². The third kappa shape index (κ3) is 1.48. The molecule has 0 amide bonds. The zero-order chi connectivity index (χ0) is 9.14. The highest BCUT2D eigenvalue weighted by molar-refractivity contribution is 5.43. The summed E-state index contributed by atoms with van der Waals surface area (Å²) >= 11 is 0. The summed E-state index contributed by atoms with van der Waals surface area (Å²) in [6.07, 6.45) is -2.65. The minimum atomic E-state index is -2.65. The number of nitrogen functional groups attached to an aromatic ring is 1. The van der Waals surface area contributed by atoms with Gasteiger partial charge in [-0.3, -0.25) is 0 Å². The fraction of sp³-hybridized carbons (Fsp3) is 0.143. The lowest BCUT2D eigenvalue weighted by atomic mass is 10.2. The van der Waals surface area contributed by atoms with E-state index in [0.717, 1.165) is 6.07 Å². The summed E-state index contributed by atoms with van der Waals surface area (Å²) in [5, 5.41) is 8.34. The summed E-state index contributed by atoms with van der Waals surface area (Å²) in [7, 11) is 0. The van der Waals surface area contributed by atoms with Gasteiger partial charge >= 0.3 is 0 Å². The zero-order valence-electron chi connectivity index (χ0n) is 5.96. The van der Waals surface area contributed by atoms with Gasteiger partial charge in [-0.15, -0.1) is 0 Å². The molecule has 0 unspecified atom stereocenters. The number of rotatable bonds is 1. The molecule has 1 aromatic rings. The highest BCUT2D eigenvalue weighted by atomic mass is 19.3. The lowest BCUT2D eigenvalue weighted by Crippen LogP contribution is -1.99. The van der Waals surface area contributed by atoms with Gasteiger partial charge in [0.05, 0.1) is 5.56 Å². The number of hydrogen-bond acceptors (Lipinski definition) is 3. The van der Waals surface area contributed by atoms with E-state index in [-0.39, 0.29) is 17.1 Å². The molecule has 12 heavy (non-hydrogen) atoms. The summed E-state index contributed by atoms with van der Waals surface area (Å²) in [4.78, 5) is 3.45. The number of alkyl halides is 2. The number of nitrogens with zero attached hydrogens (tertiary/aromatic N) is 2. The van der Waals surface area contributed by atoms with Crippen molar-refractivity contribution in [1.29, 1.82) is 5.26 Å². The summed E-state index contributed by atoms with van der Waals surface area (Å²) in [5.41, 5.74) is 4.86. The van der Waals surface area contributed by atoms with Crippen LogP contribution in [0.4, 0.5) is 14.6 Å². The first-order valence-corrected chi connectivity index (χ1v) is 3.10. The maximum absolute atomic E-state index is 12.1. The Morgan fingerprint density at radius 3 is 2.58 bits per heavy atom. The largest absolute Gasteiger partial charge is 0.383 e. The van der Waals surface area contributed by atoms with E-state index in [9.17, 15) is 8.78 Å². The summed E-state index contributed by atoms with van der Waals surface area (Å²) < 4.78 is 24.1. The van der Waals surface area contributed by atoms with Gasteiger partial charge in [0.2, 0.25) is 0 Å². The molecule has 5 heteroatoms.